The molecule has 1 aromatic carbocycles. The molecular formula is C16H12O6. The van der Waals surface area contributed by atoms with E-state index in [4.69, 9.17) is 14.2 Å². The van der Waals surface area contributed by atoms with Crippen LogP contribution in [0.4, 0.5) is 0 Å². The summed E-state index contributed by atoms with van der Waals surface area (Å²) in [5.41, 5.74) is 0.842. The molecule has 1 heterocycles. The summed E-state index contributed by atoms with van der Waals surface area (Å²) in [5, 5.41) is 9.44. The number of aliphatic carboxylic acids is 1. The molecule has 0 aromatic heterocycles. The number of carbonyl (C=O) groups is 1. The highest BCUT2D eigenvalue weighted by Gasteiger charge is 2.31. The minimum atomic E-state index is -1.13. The Labute approximate surface area is 125 Å². The number of carbonyl (C=O) groups excluding carboxylic acids is 1. The molecule has 1 N–H and O–H groups in total. The average Bonchev–Trinajstić information content (AvgIpc) is 3.00. The molecule has 1 aliphatic heterocycles. The van der Waals surface area contributed by atoms with Crippen LogP contribution >= 0.6 is 0 Å². The van der Waals surface area contributed by atoms with E-state index in [1.54, 1.807) is 24.1 Å². The Morgan fingerprint density at radius 2 is 2.09 bits per heavy atom. The van der Waals surface area contributed by atoms with Gasteiger partial charge < -0.3 is 19.3 Å². The lowest BCUT2D eigenvalue weighted by molar-refractivity contribution is -0.132. The predicted molar refractivity (Wildman–Crippen MR) is 75.3 cm³/mol. The van der Waals surface area contributed by atoms with E-state index < -0.39 is 11.9 Å². The van der Waals surface area contributed by atoms with Crippen LogP contribution < -0.4 is 9.47 Å². The van der Waals surface area contributed by atoms with E-state index in [-0.39, 0.29) is 17.9 Å². The van der Waals surface area contributed by atoms with Crippen LogP contribution in [0, 0.1) is 0 Å². The van der Waals surface area contributed by atoms with Crippen LogP contribution in [-0.2, 0) is 14.3 Å². The second kappa shape index (κ2) is 5.42. The zero-order chi connectivity index (χ0) is 15.7. The Bertz CT molecular complexity index is 752. The first-order valence-electron chi connectivity index (χ1n) is 6.49. The van der Waals surface area contributed by atoms with Gasteiger partial charge >= 0.3 is 5.97 Å². The highest BCUT2D eigenvalue weighted by atomic mass is 16.7. The molecule has 0 amide bonds. The lowest BCUT2D eigenvalue weighted by Crippen LogP contribution is -2.17. The average molecular weight is 300 g/mol. The van der Waals surface area contributed by atoms with Gasteiger partial charge in [-0.05, 0) is 29.8 Å². The number of benzene rings is 1. The minimum Gasteiger partial charge on any atom is -0.497 e. The molecule has 22 heavy (non-hydrogen) atoms. The molecule has 1 unspecified atom stereocenters. The zero-order valence-electron chi connectivity index (χ0n) is 11.7. The maximum Gasteiger partial charge on any atom is 0.332 e. The Morgan fingerprint density at radius 1 is 1.32 bits per heavy atom. The van der Waals surface area contributed by atoms with E-state index in [0.717, 1.165) is 0 Å². The molecular weight excluding hydrogens is 288 g/mol. The number of rotatable bonds is 3. The number of ether oxygens (including phenoxy) is 3. The normalized spacial score (nSPS) is 19.1. The Morgan fingerprint density at radius 3 is 2.77 bits per heavy atom. The van der Waals surface area contributed by atoms with E-state index in [2.05, 4.69) is 0 Å². The monoisotopic (exact) mass is 300 g/mol. The predicted octanol–water partition coefficient (Wildman–Crippen LogP) is 1.81. The number of carboxylic acids is 1. The summed E-state index contributed by atoms with van der Waals surface area (Å²) in [6.45, 7) is 0.120. The fourth-order valence-corrected chi connectivity index (χ4v) is 2.53. The van der Waals surface area contributed by atoms with Gasteiger partial charge in [-0.2, -0.15) is 0 Å². The molecule has 6 nitrogen and oxygen atoms in total. The van der Waals surface area contributed by atoms with Gasteiger partial charge in [-0.1, -0.05) is 6.07 Å². The van der Waals surface area contributed by atoms with Gasteiger partial charge in [-0.25, -0.2) is 9.59 Å². The van der Waals surface area contributed by atoms with Crippen molar-refractivity contribution < 1.29 is 28.9 Å². The molecule has 0 fully saturated rings. The summed E-state index contributed by atoms with van der Waals surface area (Å²) in [6, 6.07) is 5.07. The lowest BCUT2D eigenvalue weighted by atomic mass is 9.81. The SMILES string of the molecule is COC1=CC(=C=O)C(c2ccc3c(c2)OCO3)C(C(=O)O)=C1. The summed E-state index contributed by atoms with van der Waals surface area (Å²) >= 11 is 0. The van der Waals surface area contributed by atoms with Crippen molar-refractivity contribution in [3.8, 4) is 11.5 Å². The third-order valence-electron chi connectivity index (χ3n) is 3.55. The van der Waals surface area contributed by atoms with Crippen molar-refractivity contribution in [3.05, 3.63) is 52.8 Å². The number of hydrogen-bond donors (Lipinski definition) is 1. The molecule has 0 saturated heterocycles. The quantitative estimate of drug-likeness (QED) is 0.857. The summed E-state index contributed by atoms with van der Waals surface area (Å²) in [6.07, 6.45) is 2.88. The van der Waals surface area contributed by atoms with Crippen LogP contribution in [0.25, 0.3) is 0 Å². The van der Waals surface area contributed by atoms with Crippen molar-refractivity contribution in [2.45, 2.75) is 5.92 Å². The van der Waals surface area contributed by atoms with Crippen LogP contribution in [0.15, 0.2) is 47.3 Å². The highest BCUT2D eigenvalue weighted by molar-refractivity contribution is 5.92. The number of hydrogen-bond acceptors (Lipinski definition) is 5. The third-order valence-corrected chi connectivity index (χ3v) is 3.55. The topological polar surface area (TPSA) is 82.1 Å². The molecule has 0 radical (unpaired) electrons. The third kappa shape index (κ3) is 2.25. The largest absolute Gasteiger partial charge is 0.497 e. The number of allylic oxidation sites excluding steroid dienone is 3. The van der Waals surface area contributed by atoms with Crippen LogP contribution in [-0.4, -0.2) is 30.9 Å². The molecule has 0 spiro atoms. The minimum absolute atomic E-state index is 0.0385. The van der Waals surface area contributed by atoms with Crippen molar-refractivity contribution in [2.75, 3.05) is 13.9 Å². The molecule has 1 aromatic rings. The van der Waals surface area contributed by atoms with Crippen molar-refractivity contribution >= 4 is 11.9 Å². The van der Waals surface area contributed by atoms with Gasteiger partial charge in [0.1, 0.15) is 11.7 Å². The molecule has 3 rings (SSSR count). The van der Waals surface area contributed by atoms with Crippen molar-refractivity contribution in [1.29, 1.82) is 0 Å². The van der Waals surface area contributed by atoms with Crippen LogP contribution in [0.3, 0.4) is 0 Å². The highest BCUT2D eigenvalue weighted by Crippen LogP contribution is 2.41. The van der Waals surface area contributed by atoms with E-state index >= 15 is 0 Å². The van der Waals surface area contributed by atoms with Crippen LogP contribution in [0.1, 0.15) is 11.5 Å². The first-order chi connectivity index (χ1) is 10.6. The standard InChI is InChI=1S/C16H12O6/c1-20-11-4-10(7-17)15(12(6-11)16(18)19)9-2-3-13-14(5-9)22-8-21-13/h2-6,15H,8H2,1H3,(H,18,19). The van der Waals surface area contributed by atoms with Gasteiger partial charge in [0.2, 0.25) is 6.79 Å². The van der Waals surface area contributed by atoms with E-state index in [9.17, 15) is 14.7 Å². The number of methoxy groups -OCH3 is 1. The van der Waals surface area contributed by atoms with Gasteiger partial charge in [0.25, 0.3) is 0 Å². The van der Waals surface area contributed by atoms with E-state index in [1.165, 1.54) is 19.3 Å². The molecule has 1 aliphatic carbocycles. The summed E-state index contributed by atoms with van der Waals surface area (Å²) < 4.78 is 15.6. The molecule has 6 heteroatoms. The van der Waals surface area contributed by atoms with Crippen molar-refractivity contribution in [3.63, 3.8) is 0 Å². The first-order valence-corrected chi connectivity index (χ1v) is 6.49. The number of carboxylic acid groups (broad SMARTS) is 1. The van der Waals surface area contributed by atoms with Crippen LogP contribution in [0.2, 0.25) is 0 Å². The van der Waals surface area contributed by atoms with Gasteiger partial charge in [0.05, 0.1) is 24.2 Å². The fraction of sp³-hybridized carbons (Fsp3) is 0.188. The number of fused-ring (bicyclic) bond motifs is 1. The zero-order valence-corrected chi connectivity index (χ0v) is 11.7. The summed E-state index contributed by atoms with van der Waals surface area (Å²) in [7, 11) is 1.41. The molecule has 2 aliphatic rings. The molecule has 112 valence electrons. The van der Waals surface area contributed by atoms with Gasteiger partial charge in [-0.15, -0.1) is 0 Å². The summed E-state index contributed by atoms with van der Waals surface area (Å²) in [4.78, 5) is 22.8. The Kier molecular flexibility index (Phi) is 3.45. The smallest absolute Gasteiger partial charge is 0.332 e. The molecule has 1 atom stereocenters. The van der Waals surface area contributed by atoms with E-state index in [1.807, 2.05) is 0 Å². The second-order valence-electron chi connectivity index (χ2n) is 4.76. The van der Waals surface area contributed by atoms with Gasteiger partial charge in [0.15, 0.2) is 11.5 Å². The second-order valence-corrected chi connectivity index (χ2v) is 4.76. The van der Waals surface area contributed by atoms with Gasteiger partial charge in [0, 0.05) is 0 Å². The fourth-order valence-electron chi connectivity index (χ4n) is 2.53. The summed E-state index contributed by atoms with van der Waals surface area (Å²) in [5.74, 6) is 1.35. The maximum atomic E-state index is 11.5. The van der Waals surface area contributed by atoms with Gasteiger partial charge in [-0.3, -0.25) is 0 Å². The van der Waals surface area contributed by atoms with Crippen LogP contribution in [0.5, 0.6) is 11.5 Å². The lowest BCUT2D eigenvalue weighted by Gasteiger charge is -2.22. The molecule has 0 bridgehead atoms. The van der Waals surface area contributed by atoms with Crippen molar-refractivity contribution in [2.24, 2.45) is 0 Å². The first kappa shape index (κ1) is 14.0. The van der Waals surface area contributed by atoms with Crippen molar-refractivity contribution in [1.82, 2.24) is 0 Å². The Hall–Kier alpha value is -2.98. The molecule has 0 saturated carbocycles. The Balaban J connectivity index is 2.11. The maximum absolute atomic E-state index is 11.5. The van der Waals surface area contributed by atoms with E-state index in [0.29, 0.717) is 22.8 Å².